The van der Waals surface area contributed by atoms with Gasteiger partial charge in [0.15, 0.2) is 0 Å². The molecule has 0 spiro atoms. The molecule has 0 aromatic heterocycles. The summed E-state index contributed by atoms with van der Waals surface area (Å²) in [5, 5.41) is 12.3. The van der Waals surface area contributed by atoms with Crippen molar-refractivity contribution in [2.24, 2.45) is 0 Å². The van der Waals surface area contributed by atoms with Crippen LogP contribution in [0.2, 0.25) is 5.02 Å². The van der Waals surface area contributed by atoms with Crippen LogP contribution in [0.3, 0.4) is 0 Å². The van der Waals surface area contributed by atoms with Crippen LogP contribution in [0, 0.1) is 0 Å². The monoisotopic (exact) mass is 363 g/mol. The number of hydrogen-bond donors (Lipinski definition) is 2. The SMILES string of the molecule is COC(=O)/C=C(/Nc1cc(Cl)c(O)c(Br)c1)C(=O)OC. The average molecular weight is 365 g/mol. The van der Waals surface area contributed by atoms with Gasteiger partial charge in [-0.1, -0.05) is 11.6 Å². The highest BCUT2D eigenvalue weighted by Gasteiger charge is 2.14. The Morgan fingerprint density at radius 1 is 1.35 bits per heavy atom. The minimum atomic E-state index is -0.754. The molecule has 0 fully saturated rings. The van der Waals surface area contributed by atoms with Gasteiger partial charge in [-0.25, -0.2) is 9.59 Å². The Bertz CT molecular complexity index is 550. The van der Waals surface area contributed by atoms with Crippen molar-refractivity contribution >= 4 is 45.2 Å². The zero-order chi connectivity index (χ0) is 15.3. The van der Waals surface area contributed by atoms with Crippen LogP contribution in [0.4, 0.5) is 5.69 Å². The van der Waals surface area contributed by atoms with Gasteiger partial charge in [0, 0.05) is 5.69 Å². The average Bonchev–Trinajstić information content (AvgIpc) is 2.42. The van der Waals surface area contributed by atoms with E-state index in [0.717, 1.165) is 6.08 Å². The minimum Gasteiger partial charge on any atom is -0.505 e. The van der Waals surface area contributed by atoms with Gasteiger partial charge in [0.1, 0.15) is 11.4 Å². The predicted octanol–water partition coefficient (Wildman–Crippen LogP) is 2.45. The Morgan fingerprint density at radius 3 is 2.50 bits per heavy atom. The molecule has 0 aliphatic heterocycles. The Kier molecular flexibility index (Phi) is 5.84. The van der Waals surface area contributed by atoms with Gasteiger partial charge in [-0.2, -0.15) is 0 Å². The summed E-state index contributed by atoms with van der Waals surface area (Å²) in [4.78, 5) is 22.7. The van der Waals surface area contributed by atoms with Gasteiger partial charge < -0.3 is 19.9 Å². The minimum absolute atomic E-state index is 0.0733. The third-order valence-electron chi connectivity index (χ3n) is 2.16. The number of ether oxygens (including phenoxy) is 2. The van der Waals surface area contributed by atoms with E-state index in [1.807, 2.05) is 0 Å². The molecule has 1 rings (SSSR count). The fourth-order valence-corrected chi connectivity index (χ4v) is 2.02. The van der Waals surface area contributed by atoms with Gasteiger partial charge >= 0.3 is 11.9 Å². The number of halogens is 2. The van der Waals surface area contributed by atoms with Crippen LogP contribution in [0.25, 0.3) is 0 Å². The Hall–Kier alpha value is -1.73. The van der Waals surface area contributed by atoms with E-state index in [1.165, 1.54) is 26.4 Å². The van der Waals surface area contributed by atoms with Crippen LogP contribution >= 0.6 is 27.5 Å². The maximum Gasteiger partial charge on any atom is 0.354 e. The number of carbonyl (C=O) groups excluding carboxylic acids is 2. The molecule has 1 aromatic rings. The molecule has 0 heterocycles. The molecule has 0 aliphatic rings. The van der Waals surface area contributed by atoms with Crippen LogP contribution in [0.1, 0.15) is 0 Å². The van der Waals surface area contributed by atoms with E-state index in [9.17, 15) is 14.7 Å². The van der Waals surface area contributed by atoms with Gasteiger partial charge in [0.05, 0.1) is 29.8 Å². The lowest BCUT2D eigenvalue weighted by molar-refractivity contribution is -0.138. The predicted molar refractivity (Wildman–Crippen MR) is 76.6 cm³/mol. The molecule has 8 heteroatoms. The van der Waals surface area contributed by atoms with Gasteiger partial charge in [-0.3, -0.25) is 0 Å². The van der Waals surface area contributed by atoms with E-state index < -0.39 is 11.9 Å². The largest absolute Gasteiger partial charge is 0.505 e. The number of phenolic OH excluding ortho intramolecular Hbond substituents is 1. The molecule has 108 valence electrons. The number of methoxy groups -OCH3 is 2. The Balaban J connectivity index is 3.10. The first-order valence-electron chi connectivity index (χ1n) is 5.22. The lowest BCUT2D eigenvalue weighted by atomic mass is 10.2. The van der Waals surface area contributed by atoms with Crippen LogP contribution in [0.5, 0.6) is 5.75 Å². The highest BCUT2D eigenvalue weighted by atomic mass is 79.9. The van der Waals surface area contributed by atoms with E-state index in [4.69, 9.17) is 11.6 Å². The molecular formula is C12H11BrClNO5. The van der Waals surface area contributed by atoms with Crippen molar-refractivity contribution in [3.63, 3.8) is 0 Å². The molecule has 0 saturated heterocycles. The topological polar surface area (TPSA) is 84.9 Å². The standard InChI is InChI=1S/C12H11BrClNO5/c1-19-10(16)5-9(12(18)20-2)15-6-3-7(13)11(17)8(14)4-6/h3-5,15,17H,1-2H3/b9-5+. The van der Waals surface area contributed by atoms with E-state index in [2.05, 4.69) is 30.7 Å². The molecule has 0 atom stereocenters. The number of carbonyl (C=O) groups is 2. The lowest BCUT2D eigenvalue weighted by Crippen LogP contribution is -2.15. The van der Waals surface area contributed by atoms with Crippen LogP contribution in [-0.2, 0) is 19.1 Å². The molecule has 0 bridgehead atoms. The molecule has 0 radical (unpaired) electrons. The lowest BCUT2D eigenvalue weighted by Gasteiger charge is -2.10. The summed E-state index contributed by atoms with van der Waals surface area (Å²) in [6.45, 7) is 0. The highest BCUT2D eigenvalue weighted by Crippen LogP contribution is 2.35. The molecule has 0 unspecified atom stereocenters. The number of benzene rings is 1. The highest BCUT2D eigenvalue weighted by molar-refractivity contribution is 9.10. The molecule has 20 heavy (non-hydrogen) atoms. The zero-order valence-corrected chi connectivity index (χ0v) is 12.9. The summed E-state index contributed by atoms with van der Waals surface area (Å²) in [5.74, 6) is -1.61. The van der Waals surface area contributed by atoms with Crippen LogP contribution < -0.4 is 5.32 Å². The van der Waals surface area contributed by atoms with E-state index >= 15 is 0 Å². The summed E-state index contributed by atoms with van der Waals surface area (Å²) in [6, 6.07) is 2.87. The first-order chi connectivity index (χ1) is 9.38. The van der Waals surface area contributed by atoms with Crippen molar-refractivity contribution in [3.8, 4) is 5.75 Å². The third-order valence-corrected chi connectivity index (χ3v) is 3.06. The second-order valence-electron chi connectivity index (χ2n) is 3.49. The zero-order valence-electron chi connectivity index (χ0n) is 10.6. The normalized spacial score (nSPS) is 10.9. The molecule has 1 aromatic carbocycles. The van der Waals surface area contributed by atoms with Crippen molar-refractivity contribution in [2.75, 3.05) is 19.5 Å². The van der Waals surface area contributed by atoms with Crippen LogP contribution in [-0.4, -0.2) is 31.3 Å². The Morgan fingerprint density at radius 2 is 2.00 bits per heavy atom. The quantitative estimate of drug-likeness (QED) is 0.485. The number of anilines is 1. The summed E-state index contributed by atoms with van der Waals surface area (Å²) < 4.78 is 9.31. The van der Waals surface area contributed by atoms with Gasteiger partial charge in [-0.15, -0.1) is 0 Å². The van der Waals surface area contributed by atoms with Crippen molar-refractivity contribution in [1.29, 1.82) is 0 Å². The second-order valence-corrected chi connectivity index (χ2v) is 4.75. The number of rotatable bonds is 4. The molecule has 0 aliphatic carbocycles. The maximum absolute atomic E-state index is 11.5. The number of nitrogens with one attached hydrogen (secondary N) is 1. The molecule has 2 N–H and O–H groups in total. The smallest absolute Gasteiger partial charge is 0.354 e. The molecule has 6 nitrogen and oxygen atoms in total. The van der Waals surface area contributed by atoms with E-state index in [1.54, 1.807) is 0 Å². The van der Waals surface area contributed by atoms with Crippen molar-refractivity contribution in [2.45, 2.75) is 0 Å². The van der Waals surface area contributed by atoms with E-state index in [-0.39, 0.29) is 16.5 Å². The number of esters is 2. The summed E-state index contributed by atoms with van der Waals surface area (Å²) >= 11 is 8.91. The fourth-order valence-electron chi connectivity index (χ4n) is 1.23. The molecule has 0 saturated carbocycles. The molecular weight excluding hydrogens is 353 g/mol. The van der Waals surface area contributed by atoms with E-state index in [0.29, 0.717) is 10.2 Å². The molecule has 0 amide bonds. The summed E-state index contributed by atoms with van der Waals surface area (Å²) in [6.07, 6.45) is 0.945. The first-order valence-corrected chi connectivity index (χ1v) is 6.39. The first kappa shape index (κ1) is 16.3. The number of phenols is 1. The summed E-state index contributed by atoms with van der Waals surface area (Å²) in [5.41, 5.74) is 0.244. The van der Waals surface area contributed by atoms with Gasteiger partial charge in [0.2, 0.25) is 0 Å². The fraction of sp³-hybridized carbons (Fsp3) is 0.167. The van der Waals surface area contributed by atoms with Crippen molar-refractivity contribution < 1.29 is 24.2 Å². The third kappa shape index (κ3) is 4.14. The number of hydrogen-bond acceptors (Lipinski definition) is 6. The van der Waals surface area contributed by atoms with Crippen LogP contribution in [0.15, 0.2) is 28.4 Å². The Labute approximate surface area is 128 Å². The van der Waals surface area contributed by atoms with Gasteiger partial charge in [0.25, 0.3) is 0 Å². The number of aromatic hydroxyl groups is 1. The van der Waals surface area contributed by atoms with Crippen molar-refractivity contribution in [1.82, 2.24) is 0 Å². The summed E-state index contributed by atoms with van der Waals surface area (Å²) in [7, 11) is 2.36. The van der Waals surface area contributed by atoms with Gasteiger partial charge in [-0.05, 0) is 28.1 Å². The van der Waals surface area contributed by atoms with Crippen molar-refractivity contribution in [3.05, 3.63) is 33.4 Å². The maximum atomic E-state index is 11.5. The second kappa shape index (κ2) is 7.16.